The number of hydrogen-bond donors (Lipinski definition) is 1. The van der Waals surface area contributed by atoms with Crippen LogP contribution in [-0.4, -0.2) is 37.7 Å². The van der Waals surface area contributed by atoms with Crippen molar-refractivity contribution < 1.29 is 4.74 Å². The van der Waals surface area contributed by atoms with E-state index in [1.54, 1.807) is 7.11 Å². The smallest absolute Gasteiger partial charge is 0.139 e. The Bertz CT molecular complexity index is 1100. The van der Waals surface area contributed by atoms with Crippen molar-refractivity contribution >= 4 is 28.3 Å². The fraction of sp³-hybridized carbons (Fsp3) is 0.517. The molecule has 0 aliphatic heterocycles. The molecule has 0 radical (unpaired) electrons. The van der Waals surface area contributed by atoms with Crippen molar-refractivity contribution in [3.8, 4) is 5.75 Å². The zero-order valence-corrected chi connectivity index (χ0v) is 22.2. The molecule has 1 fully saturated rings. The fourth-order valence-corrected chi connectivity index (χ4v) is 5.44. The monoisotopic (exact) mass is 494 g/mol. The van der Waals surface area contributed by atoms with E-state index in [2.05, 4.69) is 54.6 Å². The molecule has 1 aliphatic rings. The Morgan fingerprint density at radius 1 is 1.00 bits per heavy atom. The molecule has 0 spiro atoms. The van der Waals surface area contributed by atoms with Crippen LogP contribution in [0.15, 0.2) is 42.5 Å². The van der Waals surface area contributed by atoms with Crippen molar-refractivity contribution in [3.05, 3.63) is 58.9 Å². The maximum Gasteiger partial charge on any atom is 0.139 e. The van der Waals surface area contributed by atoms with E-state index in [0.717, 1.165) is 66.1 Å². The van der Waals surface area contributed by atoms with Crippen LogP contribution in [0.1, 0.15) is 56.3 Å². The molecule has 1 aromatic heterocycles. The first-order valence-corrected chi connectivity index (χ1v) is 13.4. The van der Waals surface area contributed by atoms with Crippen LogP contribution >= 0.6 is 11.6 Å². The zero-order chi connectivity index (χ0) is 24.6. The van der Waals surface area contributed by atoms with Gasteiger partial charge in [-0.05, 0) is 61.9 Å². The molecule has 2 aromatic carbocycles. The maximum atomic E-state index is 6.07. The lowest BCUT2D eigenvalue weighted by molar-refractivity contribution is 0.252. The van der Waals surface area contributed by atoms with Gasteiger partial charge in [-0.25, -0.2) is 9.97 Å². The van der Waals surface area contributed by atoms with Gasteiger partial charge in [-0.2, -0.15) is 0 Å². The van der Waals surface area contributed by atoms with Crippen molar-refractivity contribution in [2.24, 2.45) is 11.8 Å². The standard InChI is InChI=1S/C29H39ClN4O/c1-34(2)29-25-9-5-6-10-26(25)32-28(33-29)11-7-4-8-21-12-14-22(15-13-21)19-31-20-23-16-17-24(30)18-27(23)35-3/h5-6,9-10,16-18,21-22,31H,4,7-8,11-15,19-20H2,1-3H3. The van der Waals surface area contributed by atoms with Crippen LogP contribution in [0.2, 0.25) is 5.02 Å². The number of nitrogens with zero attached hydrogens (tertiary/aromatic N) is 3. The van der Waals surface area contributed by atoms with Gasteiger partial charge in [0.15, 0.2) is 0 Å². The first-order valence-electron chi connectivity index (χ1n) is 13.0. The second-order valence-corrected chi connectivity index (χ2v) is 10.5. The lowest BCUT2D eigenvalue weighted by Crippen LogP contribution is -2.26. The van der Waals surface area contributed by atoms with Crippen molar-refractivity contribution in [1.82, 2.24) is 15.3 Å². The van der Waals surface area contributed by atoms with Gasteiger partial charge in [0.2, 0.25) is 0 Å². The van der Waals surface area contributed by atoms with Crippen molar-refractivity contribution in [3.63, 3.8) is 0 Å². The Labute approximate surface area is 215 Å². The molecular formula is C29H39ClN4O. The number of ether oxygens (including phenoxy) is 1. The number of methoxy groups -OCH3 is 1. The number of aromatic nitrogens is 2. The molecule has 0 unspecified atom stereocenters. The van der Waals surface area contributed by atoms with E-state index < -0.39 is 0 Å². The molecule has 0 atom stereocenters. The number of benzene rings is 2. The number of aryl methyl sites for hydroxylation is 1. The highest BCUT2D eigenvalue weighted by Gasteiger charge is 2.21. The molecule has 1 N–H and O–H groups in total. The summed E-state index contributed by atoms with van der Waals surface area (Å²) in [6.45, 7) is 1.90. The van der Waals surface area contributed by atoms with Gasteiger partial charge in [-0.15, -0.1) is 0 Å². The molecule has 6 heteroatoms. The van der Waals surface area contributed by atoms with Crippen molar-refractivity contribution in [2.75, 3.05) is 32.6 Å². The van der Waals surface area contributed by atoms with E-state index >= 15 is 0 Å². The van der Waals surface area contributed by atoms with E-state index in [0.29, 0.717) is 5.02 Å². The third-order valence-electron chi connectivity index (χ3n) is 7.28. The summed E-state index contributed by atoms with van der Waals surface area (Å²) >= 11 is 6.07. The maximum absolute atomic E-state index is 6.07. The number of rotatable bonds is 11. The first kappa shape index (κ1) is 25.7. The number of anilines is 1. The third-order valence-corrected chi connectivity index (χ3v) is 7.51. The van der Waals surface area contributed by atoms with Crippen LogP contribution < -0.4 is 15.0 Å². The molecule has 4 rings (SSSR count). The van der Waals surface area contributed by atoms with Gasteiger partial charge in [0.1, 0.15) is 17.4 Å². The summed E-state index contributed by atoms with van der Waals surface area (Å²) in [7, 11) is 5.81. The van der Waals surface area contributed by atoms with E-state index in [9.17, 15) is 0 Å². The molecule has 0 saturated heterocycles. The summed E-state index contributed by atoms with van der Waals surface area (Å²) in [5.74, 6) is 4.50. The van der Waals surface area contributed by atoms with E-state index in [1.807, 2.05) is 12.1 Å². The second kappa shape index (κ2) is 12.5. The minimum Gasteiger partial charge on any atom is -0.496 e. The largest absolute Gasteiger partial charge is 0.496 e. The molecule has 0 bridgehead atoms. The Morgan fingerprint density at radius 3 is 2.54 bits per heavy atom. The molecular weight excluding hydrogens is 456 g/mol. The summed E-state index contributed by atoms with van der Waals surface area (Å²) in [6.07, 6.45) is 10.1. The van der Waals surface area contributed by atoms with Gasteiger partial charge >= 0.3 is 0 Å². The van der Waals surface area contributed by atoms with Crippen LogP contribution in [-0.2, 0) is 13.0 Å². The predicted octanol–water partition coefficient (Wildman–Crippen LogP) is 6.67. The molecule has 1 heterocycles. The molecule has 188 valence electrons. The van der Waals surface area contributed by atoms with Crippen LogP contribution in [0.25, 0.3) is 10.9 Å². The average molecular weight is 495 g/mol. The summed E-state index contributed by atoms with van der Waals surface area (Å²) in [4.78, 5) is 11.8. The Morgan fingerprint density at radius 2 is 1.77 bits per heavy atom. The highest BCUT2D eigenvalue weighted by Crippen LogP contribution is 2.32. The third kappa shape index (κ3) is 7.08. The molecule has 1 aliphatic carbocycles. The number of unbranched alkanes of at least 4 members (excludes halogenated alkanes) is 1. The summed E-state index contributed by atoms with van der Waals surface area (Å²) in [5, 5.41) is 5.48. The predicted molar refractivity (Wildman–Crippen MR) is 147 cm³/mol. The molecule has 0 amide bonds. The van der Waals surface area contributed by atoms with Gasteiger partial charge in [-0.1, -0.05) is 55.5 Å². The van der Waals surface area contributed by atoms with E-state index in [1.165, 1.54) is 44.1 Å². The molecule has 35 heavy (non-hydrogen) atoms. The van der Waals surface area contributed by atoms with E-state index in [4.69, 9.17) is 26.3 Å². The van der Waals surface area contributed by atoms with Crippen LogP contribution in [0.5, 0.6) is 5.75 Å². The fourth-order valence-electron chi connectivity index (χ4n) is 5.28. The number of hydrogen-bond acceptors (Lipinski definition) is 5. The molecule has 3 aromatic rings. The van der Waals surface area contributed by atoms with Crippen LogP contribution in [0, 0.1) is 11.8 Å². The highest BCUT2D eigenvalue weighted by molar-refractivity contribution is 6.30. The summed E-state index contributed by atoms with van der Waals surface area (Å²) < 4.78 is 5.46. The Balaban J connectivity index is 1.15. The summed E-state index contributed by atoms with van der Waals surface area (Å²) in [5.41, 5.74) is 2.21. The van der Waals surface area contributed by atoms with Crippen LogP contribution in [0.3, 0.4) is 0 Å². The normalized spacial score (nSPS) is 18.1. The Hall–Kier alpha value is -2.37. The van der Waals surface area contributed by atoms with Gasteiger partial charge in [0.25, 0.3) is 0 Å². The number of fused-ring (bicyclic) bond motifs is 1. The summed E-state index contributed by atoms with van der Waals surface area (Å²) in [6, 6.07) is 14.2. The van der Waals surface area contributed by atoms with Gasteiger partial charge in [0.05, 0.1) is 12.6 Å². The lowest BCUT2D eigenvalue weighted by atomic mass is 9.79. The second-order valence-electron chi connectivity index (χ2n) is 10.1. The molecule has 1 saturated carbocycles. The van der Waals surface area contributed by atoms with Gasteiger partial charge in [0, 0.05) is 43.0 Å². The Kier molecular flexibility index (Phi) is 9.22. The minimum atomic E-state index is 0.715. The minimum absolute atomic E-state index is 0.715. The zero-order valence-electron chi connectivity index (χ0n) is 21.4. The number of halogens is 1. The SMILES string of the molecule is COc1cc(Cl)ccc1CNCC1CCC(CCCCc2nc(N(C)C)c3ccccc3n2)CC1. The lowest BCUT2D eigenvalue weighted by Gasteiger charge is -2.28. The van der Waals surface area contributed by atoms with E-state index in [-0.39, 0.29) is 0 Å². The number of para-hydroxylation sites is 1. The van der Waals surface area contributed by atoms with Gasteiger partial charge in [-0.3, -0.25) is 0 Å². The van der Waals surface area contributed by atoms with Gasteiger partial charge < -0.3 is 15.0 Å². The number of nitrogens with one attached hydrogen (secondary N) is 1. The quantitative estimate of drug-likeness (QED) is 0.302. The van der Waals surface area contributed by atoms with Crippen LogP contribution in [0.4, 0.5) is 5.82 Å². The first-order chi connectivity index (χ1) is 17.0. The molecule has 5 nitrogen and oxygen atoms in total. The average Bonchev–Trinajstić information content (AvgIpc) is 2.87. The van der Waals surface area contributed by atoms with Crippen molar-refractivity contribution in [2.45, 2.75) is 57.9 Å². The van der Waals surface area contributed by atoms with Crippen molar-refractivity contribution in [1.29, 1.82) is 0 Å². The topological polar surface area (TPSA) is 50.3 Å². The highest BCUT2D eigenvalue weighted by atomic mass is 35.5.